The molecule has 0 saturated heterocycles. The first kappa shape index (κ1) is 29.5. The summed E-state index contributed by atoms with van der Waals surface area (Å²) in [5, 5.41) is 2.72. The molecule has 0 bridgehead atoms. The van der Waals surface area contributed by atoms with E-state index in [-0.39, 0.29) is 35.6 Å². The zero-order valence-electron chi connectivity index (χ0n) is 23.1. The fourth-order valence-electron chi connectivity index (χ4n) is 4.78. The van der Waals surface area contributed by atoms with Gasteiger partial charge in [0.25, 0.3) is 11.5 Å². The minimum absolute atomic E-state index is 0.0689. The molecule has 216 valence electrons. The fourth-order valence-corrected chi connectivity index (χ4v) is 4.78. The second-order valence-electron chi connectivity index (χ2n) is 10.5. The third kappa shape index (κ3) is 7.59. The van der Waals surface area contributed by atoms with Gasteiger partial charge in [-0.05, 0) is 92.6 Å². The van der Waals surface area contributed by atoms with Crippen molar-refractivity contribution in [3.63, 3.8) is 0 Å². The smallest absolute Gasteiger partial charge is 0.328 e. The van der Waals surface area contributed by atoms with Crippen LogP contribution in [0.15, 0.2) is 65.5 Å². The Morgan fingerprint density at radius 2 is 1.66 bits per heavy atom. The van der Waals surface area contributed by atoms with Crippen molar-refractivity contribution in [3.8, 4) is 11.4 Å². The van der Waals surface area contributed by atoms with Gasteiger partial charge >= 0.3 is 5.97 Å². The molecule has 0 aliphatic heterocycles. The number of ether oxygens (including phenoxy) is 2. The Bertz CT molecular complexity index is 1440. The van der Waals surface area contributed by atoms with Crippen molar-refractivity contribution in [2.75, 3.05) is 12.3 Å². The van der Waals surface area contributed by atoms with E-state index in [0.717, 1.165) is 25.7 Å². The largest absolute Gasteiger partial charge is 0.484 e. The highest BCUT2D eigenvalue weighted by Gasteiger charge is 2.27. The van der Waals surface area contributed by atoms with E-state index in [1.165, 1.54) is 41.0 Å². The molecule has 1 saturated carbocycles. The number of pyridine rings is 1. The summed E-state index contributed by atoms with van der Waals surface area (Å²) < 4.78 is 25.6. The third-order valence-electron chi connectivity index (χ3n) is 6.86. The number of carbonyl (C=O) groups excluding carboxylic acids is 3. The number of hydrogen-bond donors (Lipinski definition) is 2. The van der Waals surface area contributed by atoms with Crippen LogP contribution in [-0.2, 0) is 14.3 Å². The Morgan fingerprint density at radius 1 is 1.00 bits per heavy atom. The Kier molecular flexibility index (Phi) is 9.54. The molecule has 1 fully saturated rings. The van der Waals surface area contributed by atoms with Gasteiger partial charge in [-0.3, -0.25) is 19.0 Å². The third-order valence-corrected chi connectivity index (χ3v) is 6.86. The molecule has 0 spiro atoms. The number of carbonyl (C=O) groups is 3. The molecule has 3 aromatic rings. The van der Waals surface area contributed by atoms with Crippen LogP contribution in [0.2, 0.25) is 0 Å². The van der Waals surface area contributed by atoms with Gasteiger partial charge in [0.1, 0.15) is 29.5 Å². The Hall–Kier alpha value is -4.47. The highest BCUT2D eigenvalue weighted by molar-refractivity contribution is 6.11. The average Bonchev–Trinajstić information content (AvgIpc) is 3.45. The lowest BCUT2D eigenvalue weighted by atomic mass is 10.0. The minimum Gasteiger partial charge on any atom is -0.484 e. The topological polar surface area (TPSA) is 130 Å². The van der Waals surface area contributed by atoms with Gasteiger partial charge in [0.05, 0.1) is 11.3 Å². The van der Waals surface area contributed by atoms with Crippen LogP contribution < -0.4 is 21.3 Å². The van der Waals surface area contributed by atoms with Gasteiger partial charge in [-0.15, -0.1) is 0 Å². The molecule has 0 unspecified atom stereocenters. The number of hydrogen-bond acceptors (Lipinski definition) is 7. The van der Waals surface area contributed by atoms with E-state index in [9.17, 15) is 23.6 Å². The Balaban J connectivity index is 1.41. The molecule has 9 nitrogen and oxygen atoms in total. The first-order chi connectivity index (χ1) is 19.6. The Morgan fingerprint density at radius 3 is 2.29 bits per heavy atom. The van der Waals surface area contributed by atoms with Crippen molar-refractivity contribution in [1.82, 2.24) is 9.88 Å². The number of nitrogens with one attached hydrogen (secondary N) is 1. The SMILES string of the molecule is CC(C)C[C@H](NC(=O)COc1ccc(-n2c(N)c(C(=O)c3ccc(F)cc3)ccc2=O)cc1)C(=O)OC1CCCC1. The van der Waals surface area contributed by atoms with Gasteiger partial charge in [-0.2, -0.15) is 0 Å². The molecule has 1 atom stereocenters. The summed E-state index contributed by atoms with van der Waals surface area (Å²) in [6.45, 7) is 3.60. The maximum Gasteiger partial charge on any atom is 0.328 e. The second-order valence-corrected chi connectivity index (χ2v) is 10.5. The fraction of sp³-hybridized carbons (Fsp3) is 0.355. The monoisotopic (exact) mass is 563 g/mol. The van der Waals surface area contributed by atoms with Crippen molar-refractivity contribution in [3.05, 3.63) is 88.0 Å². The molecule has 1 amide bonds. The summed E-state index contributed by atoms with van der Waals surface area (Å²) in [5.41, 5.74) is 6.47. The minimum atomic E-state index is -0.756. The molecule has 1 aliphatic carbocycles. The number of amides is 1. The molecule has 1 aliphatic rings. The maximum atomic E-state index is 13.3. The number of nitrogens with zero attached hydrogens (tertiary/aromatic N) is 1. The number of esters is 1. The number of aromatic nitrogens is 1. The molecular weight excluding hydrogens is 529 g/mol. The molecule has 0 radical (unpaired) electrons. The van der Waals surface area contributed by atoms with Gasteiger partial charge in [-0.25, -0.2) is 9.18 Å². The van der Waals surface area contributed by atoms with Crippen molar-refractivity contribution in [1.29, 1.82) is 0 Å². The van der Waals surface area contributed by atoms with Gasteiger partial charge in [0.2, 0.25) is 0 Å². The van der Waals surface area contributed by atoms with Crippen LogP contribution in [-0.4, -0.2) is 41.0 Å². The summed E-state index contributed by atoms with van der Waals surface area (Å²) in [5.74, 6) is -1.36. The van der Waals surface area contributed by atoms with Gasteiger partial charge in [0, 0.05) is 11.6 Å². The van der Waals surface area contributed by atoms with Gasteiger partial charge in [0.15, 0.2) is 12.4 Å². The van der Waals surface area contributed by atoms with Crippen LogP contribution in [0.25, 0.3) is 5.69 Å². The van der Waals surface area contributed by atoms with Crippen molar-refractivity contribution >= 4 is 23.5 Å². The van der Waals surface area contributed by atoms with E-state index in [2.05, 4.69) is 5.32 Å². The molecular formula is C31H34FN3O6. The van der Waals surface area contributed by atoms with E-state index in [1.807, 2.05) is 13.8 Å². The standard InChI is InChI=1S/C31H34FN3O6/c1-19(2)17-26(31(39)41-24-5-3-4-6-24)34-27(36)18-40-23-13-11-22(12-14-23)35-28(37)16-15-25(30(35)33)29(38)20-7-9-21(32)10-8-20/h7-16,19,24,26H,3-6,17-18,33H2,1-2H3,(H,34,36)/t26-/m0/s1. The lowest BCUT2D eigenvalue weighted by Crippen LogP contribution is -2.45. The van der Waals surface area contributed by atoms with Crippen molar-refractivity contribution in [2.24, 2.45) is 5.92 Å². The van der Waals surface area contributed by atoms with Crippen LogP contribution in [0.3, 0.4) is 0 Å². The number of nitrogen functional groups attached to an aromatic ring is 1. The second kappa shape index (κ2) is 13.3. The number of nitrogens with two attached hydrogens (primary N) is 1. The number of ketones is 1. The highest BCUT2D eigenvalue weighted by atomic mass is 19.1. The van der Waals surface area contributed by atoms with E-state index < -0.39 is 35.1 Å². The predicted octanol–water partition coefficient (Wildman–Crippen LogP) is 4.19. The van der Waals surface area contributed by atoms with Crippen molar-refractivity contribution in [2.45, 2.75) is 58.1 Å². The molecule has 41 heavy (non-hydrogen) atoms. The van der Waals surface area contributed by atoms with Crippen LogP contribution in [0.4, 0.5) is 10.2 Å². The molecule has 10 heteroatoms. The summed E-state index contributed by atoms with van der Waals surface area (Å²) >= 11 is 0. The molecule has 1 aromatic heterocycles. The zero-order chi connectivity index (χ0) is 29.5. The van der Waals surface area contributed by atoms with E-state index in [4.69, 9.17) is 15.2 Å². The average molecular weight is 564 g/mol. The number of rotatable bonds is 11. The maximum absolute atomic E-state index is 13.3. The molecule has 2 aromatic carbocycles. The van der Waals surface area contributed by atoms with E-state index in [1.54, 1.807) is 24.3 Å². The van der Waals surface area contributed by atoms with E-state index >= 15 is 0 Å². The zero-order valence-corrected chi connectivity index (χ0v) is 23.1. The number of benzene rings is 2. The van der Waals surface area contributed by atoms with Gasteiger partial charge < -0.3 is 20.5 Å². The summed E-state index contributed by atoms with van der Waals surface area (Å²) in [6.07, 6.45) is 4.12. The van der Waals surface area contributed by atoms with Crippen LogP contribution >= 0.6 is 0 Å². The van der Waals surface area contributed by atoms with Crippen LogP contribution in [0.1, 0.15) is 61.9 Å². The summed E-state index contributed by atoms with van der Waals surface area (Å²) in [7, 11) is 0. The molecule has 4 rings (SSSR count). The first-order valence-electron chi connectivity index (χ1n) is 13.7. The Labute approximate surface area is 237 Å². The number of anilines is 1. The quantitative estimate of drug-likeness (QED) is 0.264. The number of halogens is 1. The normalized spacial score (nSPS) is 14.0. The molecule has 1 heterocycles. The lowest BCUT2D eigenvalue weighted by Gasteiger charge is -2.21. The first-order valence-corrected chi connectivity index (χ1v) is 13.7. The highest BCUT2D eigenvalue weighted by Crippen LogP contribution is 2.23. The van der Waals surface area contributed by atoms with E-state index in [0.29, 0.717) is 17.9 Å². The predicted molar refractivity (Wildman–Crippen MR) is 152 cm³/mol. The summed E-state index contributed by atoms with van der Waals surface area (Å²) in [4.78, 5) is 50.9. The summed E-state index contributed by atoms with van der Waals surface area (Å²) in [6, 6.07) is 13.1. The van der Waals surface area contributed by atoms with Crippen LogP contribution in [0.5, 0.6) is 5.75 Å². The van der Waals surface area contributed by atoms with Crippen molar-refractivity contribution < 1.29 is 28.2 Å². The van der Waals surface area contributed by atoms with Crippen LogP contribution in [0, 0.1) is 11.7 Å². The lowest BCUT2D eigenvalue weighted by molar-refractivity contribution is -0.153. The van der Waals surface area contributed by atoms with Gasteiger partial charge in [-0.1, -0.05) is 13.8 Å². The molecule has 3 N–H and O–H groups in total.